The summed E-state index contributed by atoms with van der Waals surface area (Å²) in [5.41, 5.74) is 0.563. The zero-order chi connectivity index (χ0) is 19.0. The fourth-order valence-corrected chi connectivity index (χ4v) is 3.30. The van der Waals surface area contributed by atoms with Crippen molar-refractivity contribution in [2.75, 3.05) is 39.2 Å². The third-order valence-electron chi connectivity index (χ3n) is 3.30. The molecule has 1 rings (SSSR count). The minimum absolute atomic E-state index is 0.0865. The van der Waals surface area contributed by atoms with Crippen LogP contribution in [0.4, 0.5) is 5.00 Å². The second-order valence-corrected chi connectivity index (χ2v) is 6.08. The van der Waals surface area contributed by atoms with Gasteiger partial charge in [0.05, 0.1) is 26.3 Å². The number of esters is 2. The summed E-state index contributed by atoms with van der Waals surface area (Å²) in [4.78, 5) is 38.2. The summed E-state index contributed by atoms with van der Waals surface area (Å²) in [6, 6.07) is 0. The largest absolute Gasteiger partial charge is 0.465 e. The summed E-state index contributed by atoms with van der Waals surface area (Å²) < 4.78 is 9.46. The maximum Gasteiger partial charge on any atom is 0.348 e. The van der Waals surface area contributed by atoms with Gasteiger partial charge in [0, 0.05) is 13.1 Å². The normalized spacial score (nSPS) is 10.2. The van der Waals surface area contributed by atoms with E-state index in [4.69, 9.17) is 9.47 Å². The maximum absolute atomic E-state index is 12.3. The average Bonchev–Trinajstić information content (AvgIpc) is 2.90. The lowest BCUT2D eigenvalue weighted by molar-refractivity contribution is -0.117. The summed E-state index contributed by atoms with van der Waals surface area (Å²) in [5.74, 6) is -1.53. The number of thiophene rings is 1. The van der Waals surface area contributed by atoms with Crippen LogP contribution in [0.5, 0.6) is 0 Å². The van der Waals surface area contributed by atoms with E-state index in [2.05, 4.69) is 18.5 Å². The van der Waals surface area contributed by atoms with Gasteiger partial charge >= 0.3 is 11.9 Å². The van der Waals surface area contributed by atoms with Gasteiger partial charge in [0.15, 0.2) is 0 Å². The molecular formula is C17H22N2O5S. The highest BCUT2D eigenvalue weighted by Crippen LogP contribution is 2.34. The van der Waals surface area contributed by atoms with Crippen LogP contribution >= 0.6 is 11.3 Å². The number of rotatable bonds is 9. The number of nitrogens with zero attached hydrogens (tertiary/aromatic N) is 1. The number of methoxy groups -OCH3 is 2. The van der Waals surface area contributed by atoms with Crippen molar-refractivity contribution in [3.8, 4) is 0 Å². The second kappa shape index (κ2) is 9.75. The molecule has 1 heterocycles. The molecule has 0 spiro atoms. The SMILES string of the molecule is C=CCN(CC=C)CC(=O)Nc1sc(C(=O)OC)c(C)c1C(=O)OC. The predicted molar refractivity (Wildman–Crippen MR) is 97.2 cm³/mol. The van der Waals surface area contributed by atoms with E-state index < -0.39 is 11.9 Å². The van der Waals surface area contributed by atoms with E-state index in [1.165, 1.54) is 14.2 Å². The van der Waals surface area contributed by atoms with Crippen LogP contribution < -0.4 is 5.32 Å². The van der Waals surface area contributed by atoms with Crippen LogP contribution in [0.15, 0.2) is 25.3 Å². The molecule has 0 aliphatic heterocycles. The van der Waals surface area contributed by atoms with Crippen LogP contribution in [-0.2, 0) is 14.3 Å². The molecule has 1 aromatic heterocycles. The van der Waals surface area contributed by atoms with Gasteiger partial charge in [0.2, 0.25) is 5.91 Å². The molecule has 0 saturated carbocycles. The molecule has 0 radical (unpaired) electrons. The number of amides is 1. The molecule has 0 aliphatic rings. The van der Waals surface area contributed by atoms with Crippen molar-refractivity contribution in [3.63, 3.8) is 0 Å². The summed E-state index contributed by atoms with van der Waals surface area (Å²) in [7, 11) is 2.48. The van der Waals surface area contributed by atoms with E-state index in [9.17, 15) is 14.4 Å². The van der Waals surface area contributed by atoms with Gasteiger partial charge in [-0.3, -0.25) is 9.69 Å². The summed E-state index contributed by atoms with van der Waals surface area (Å²) in [5, 5.41) is 2.93. The number of anilines is 1. The van der Waals surface area contributed by atoms with Crippen LogP contribution in [0.25, 0.3) is 0 Å². The number of ether oxygens (including phenoxy) is 2. The molecule has 0 unspecified atom stereocenters. The molecule has 7 nitrogen and oxygen atoms in total. The van der Waals surface area contributed by atoms with Crippen molar-refractivity contribution < 1.29 is 23.9 Å². The zero-order valence-corrected chi connectivity index (χ0v) is 15.4. The summed E-state index contributed by atoms with van der Waals surface area (Å²) >= 11 is 0.978. The second-order valence-electron chi connectivity index (χ2n) is 5.06. The van der Waals surface area contributed by atoms with Gasteiger partial charge in [0.25, 0.3) is 0 Å². The molecule has 0 fully saturated rings. The number of carbonyl (C=O) groups is 3. The molecule has 25 heavy (non-hydrogen) atoms. The highest BCUT2D eigenvalue weighted by Gasteiger charge is 2.26. The Morgan fingerprint density at radius 1 is 1.12 bits per heavy atom. The predicted octanol–water partition coefficient (Wildman–Crippen LogP) is 2.24. The molecule has 1 amide bonds. The standard InChI is InChI=1S/C17H22N2O5S/c1-6-8-19(9-7-2)10-12(20)18-15-13(16(21)23-4)11(3)14(25-15)17(22)24-5/h6-7H,1-2,8-10H2,3-5H3,(H,18,20). The first-order valence-corrected chi connectivity index (χ1v) is 8.25. The quantitative estimate of drug-likeness (QED) is 0.533. The highest BCUT2D eigenvalue weighted by atomic mass is 32.1. The molecule has 136 valence electrons. The van der Waals surface area contributed by atoms with Gasteiger partial charge in [-0.05, 0) is 12.5 Å². The van der Waals surface area contributed by atoms with Crippen molar-refractivity contribution in [1.29, 1.82) is 0 Å². The van der Waals surface area contributed by atoms with Gasteiger partial charge in [0.1, 0.15) is 9.88 Å². The van der Waals surface area contributed by atoms with Gasteiger partial charge in [-0.2, -0.15) is 0 Å². The Kier molecular flexibility index (Phi) is 8.03. The van der Waals surface area contributed by atoms with Crippen molar-refractivity contribution in [2.24, 2.45) is 0 Å². The summed E-state index contributed by atoms with van der Waals surface area (Å²) in [6.45, 7) is 10.0. The van der Waals surface area contributed by atoms with E-state index >= 15 is 0 Å². The van der Waals surface area contributed by atoms with Crippen LogP contribution in [0.1, 0.15) is 25.6 Å². The molecule has 0 atom stereocenters. The average molecular weight is 366 g/mol. The number of hydrogen-bond donors (Lipinski definition) is 1. The first-order chi connectivity index (χ1) is 11.9. The van der Waals surface area contributed by atoms with Crippen molar-refractivity contribution >= 4 is 34.2 Å². The van der Waals surface area contributed by atoms with Crippen molar-refractivity contribution in [2.45, 2.75) is 6.92 Å². The molecule has 0 bridgehead atoms. The summed E-state index contributed by atoms with van der Waals surface area (Å²) in [6.07, 6.45) is 3.36. The third kappa shape index (κ3) is 5.27. The van der Waals surface area contributed by atoms with Crippen LogP contribution in [0.2, 0.25) is 0 Å². The molecule has 1 aromatic rings. The Morgan fingerprint density at radius 3 is 2.16 bits per heavy atom. The minimum Gasteiger partial charge on any atom is -0.465 e. The fraction of sp³-hybridized carbons (Fsp3) is 0.353. The van der Waals surface area contributed by atoms with Crippen molar-refractivity contribution in [3.05, 3.63) is 41.3 Å². The Morgan fingerprint density at radius 2 is 1.68 bits per heavy atom. The lowest BCUT2D eigenvalue weighted by Gasteiger charge is -2.17. The molecule has 0 aliphatic carbocycles. The Bertz CT molecular complexity index is 671. The molecule has 0 aromatic carbocycles. The monoisotopic (exact) mass is 366 g/mol. The highest BCUT2D eigenvalue weighted by molar-refractivity contribution is 7.18. The van der Waals surface area contributed by atoms with E-state index in [0.717, 1.165) is 11.3 Å². The third-order valence-corrected chi connectivity index (χ3v) is 4.49. The topological polar surface area (TPSA) is 84.9 Å². The number of nitrogens with one attached hydrogen (secondary N) is 1. The Hall–Kier alpha value is -2.45. The van der Waals surface area contributed by atoms with Crippen LogP contribution in [0, 0.1) is 6.92 Å². The molecular weight excluding hydrogens is 344 g/mol. The van der Waals surface area contributed by atoms with Gasteiger partial charge in [-0.15, -0.1) is 24.5 Å². The van der Waals surface area contributed by atoms with Crippen molar-refractivity contribution in [1.82, 2.24) is 4.90 Å². The number of hydrogen-bond acceptors (Lipinski definition) is 7. The van der Waals surface area contributed by atoms with Crippen LogP contribution in [0.3, 0.4) is 0 Å². The zero-order valence-electron chi connectivity index (χ0n) is 14.6. The van der Waals surface area contributed by atoms with E-state index in [1.807, 2.05) is 4.90 Å². The number of carbonyl (C=O) groups excluding carboxylic acids is 3. The fourth-order valence-electron chi connectivity index (χ4n) is 2.17. The maximum atomic E-state index is 12.3. The van der Waals surface area contributed by atoms with E-state index in [1.54, 1.807) is 19.1 Å². The Labute approximate surface area is 150 Å². The van der Waals surface area contributed by atoms with E-state index in [-0.39, 0.29) is 27.9 Å². The van der Waals surface area contributed by atoms with Gasteiger partial charge < -0.3 is 14.8 Å². The lowest BCUT2D eigenvalue weighted by Crippen LogP contribution is -2.33. The smallest absolute Gasteiger partial charge is 0.348 e. The Balaban J connectivity index is 3.08. The van der Waals surface area contributed by atoms with Crippen LogP contribution in [-0.4, -0.2) is 56.6 Å². The minimum atomic E-state index is -0.631. The molecule has 8 heteroatoms. The lowest BCUT2D eigenvalue weighted by atomic mass is 10.1. The molecule has 0 saturated heterocycles. The van der Waals surface area contributed by atoms with E-state index in [0.29, 0.717) is 18.7 Å². The first kappa shape index (κ1) is 20.6. The van der Waals surface area contributed by atoms with Gasteiger partial charge in [-0.1, -0.05) is 12.2 Å². The molecule has 1 N–H and O–H groups in total. The van der Waals surface area contributed by atoms with Gasteiger partial charge in [-0.25, -0.2) is 9.59 Å². The first-order valence-electron chi connectivity index (χ1n) is 7.43.